The van der Waals surface area contributed by atoms with Crippen LogP contribution in [0.4, 0.5) is 8.78 Å². The summed E-state index contributed by atoms with van der Waals surface area (Å²) in [4.78, 5) is 29.9. The normalized spacial score (nSPS) is 24.1. The molecule has 33 heavy (non-hydrogen) atoms. The highest BCUT2D eigenvalue weighted by Crippen LogP contribution is 2.47. The molecule has 0 radical (unpaired) electrons. The molecule has 2 amide bonds. The Balaban J connectivity index is 1.18. The fourth-order valence-corrected chi connectivity index (χ4v) is 6.02. The van der Waals surface area contributed by atoms with E-state index in [4.69, 9.17) is 4.74 Å². The van der Waals surface area contributed by atoms with Crippen molar-refractivity contribution in [3.05, 3.63) is 65.4 Å². The van der Waals surface area contributed by atoms with Crippen LogP contribution in [0.3, 0.4) is 0 Å². The molecule has 3 fully saturated rings. The SMILES string of the molecule is O=C(c1ccc2sncc2c1)N1CCC2(CC1)O[C@@H]1CC[C@@H](c3cc(F)cc(F)c3)N1C2=O. The zero-order chi connectivity index (χ0) is 22.7. The number of ether oxygens (including phenoxy) is 1. The monoisotopic (exact) mass is 469 g/mol. The van der Waals surface area contributed by atoms with E-state index in [-0.39, 0.29) is 11.8 Å². The van der Waals surface area contributed by atoms with E-state index in [1.54, 1.807) is 16.0 Å². The van der Waals surface area contributed by atoms with Crippen LogP contribution < -0.4 is 0 Å². The van der Waals surface area contributed by atoms with Crippen molar-refractivity contribution >= 4 is 33.4 Å². The molecular weight excluding hydrogens is 448 g/mol. The predicted octanol–water partition coefficient (Wildman–Crippen LogP) is 4.27. The highest BCUT2D eigenvalue weighted by Gasteiger charge is 2.58. The minimum absolute atomic E-state index is 0.0722. The maximum Gasteiger partial charge on any atom is 0.257 e. The van der Waals surface area contributed by atoms with Crippen molar-refractivity contribution in [3.63, 3.8) is 0 Å². The third kappa shape index (κ3) is 3.33. The molecule has 0 bridgehead atoms. The van der Waals surface area contributed by atoms with Crippen LogP contribution in [0.2, 0.25) is 0 Å². The number of fused-ring (bicyclic) bond motifs is 2. The number of nitrogens with zero attached hydrogens (tertiary/aromatic N) is 3. The molecule has 0 unspecified atom stereocenters. The van der Waals surface area contributed by atoms with E-state index in [0.29, 0.717) is 49.9 Å². The first-order valence-corrected chi connectivity index (χ1v) is 11.8. The maximum absolute atomic E-state index is 13.8. The molecule has 4 heterocycles. The summed E-state index contributed by atoms with van der Waals surface area (Å²) < 4.78 is 39.0. The lowest BCUT2D eigenvalue weighted by atomic mass is 9.89. The molecule has 0 saturated carbocycles. The van der Waals surface area contributed by atoms with Gasteiger partial charge in [0.05, 0.1) is 10.7 Å². The van der Waals surface area contributed by atoms with Gasteiger partial charge in [-0.25, -0.2) is 8.78 Å². The van der Waals surface area contributed by atoms with Crippen LogP contribution in [-0.4, -0.2) is 50.9 Å². The zero-order valence-corrected chi connectivity index (χ0v) is 18.5. The van der Waals surface area contributed by atoms with Crippen molar-refractivity contribution in [3.8, 4) is 0 Å². The molecule has 3 aromatic rings. The Morgan fingerprint density at radius 2 is 1.85 bits per heavy atom. The number of hydrogen-bond donors (Lipinski definition) is 0. The second-order valence-corrected chi connectivity index (χ2v) is 9.78. The molecule has 170 valence electrons. The van der Waals surface area contributed by atoms with Crippen molar-refractivity contribution in [2.24, 2.45) is 0 Å². The standard InChI is InChI=1S/C24H21F2N3O3S/c25-17-10-15(11-18(26)12-17)19-2-4-21-29(19)23(31)24(32-21)5-7-28(8-6-24)22(30)14-1-3-20-16(9-14)13-27-33-20/h1,3,9-13,19,21H,2,4-8H2/t19-,21+/m0/s1. The molecule has 2 aromatic carbocycles. The number of piperidine rings is 1. The summed E-state index contributed by atoms with van der Waals surface area (Å²) in [6.45, 7) is 0.814. The van der Waals surface area contributed by atoms with Crippen LogP contribution in [0.5, 0.6) is 0 Å². The second kappa shape index (κ2) is 7.56. The van der Waals surface area contributed by atoms with Crippen LogP contribution in [0.15, 0.2) is 42.6 Å². The Morgan fingerprint density at radius 1 is 1.09 bits per heavy atom. The van der Waals surface area contributed by atoms with Gasteiger partial charge >= 0.3 is 0 Å². The van der Waals surface area contributed by atoms with Gasteiger partial charge in [0.15, 0.2) is 5.60 Å². The first-order chi connectivity index (χ1) is 15.9. The van der Waals surface area contributed by atoms with Gasteiger partial charge < -0.3 is 14.5 Å². The molecule has 3 saturated heterocycles. The van der Waals surface area contributed by atoms with E-state index < -0.39 is 29.5 Å². The third-order valence-corrected chi connectivity index (χ3v) is 7.83. The molecule has 6 rings (SSSR count). The minimum Gasteiger partial charge on any atom is -0.342 e. The molecule has 3 aliphatic rings. The van der Waals surface area contributed by atoms with Gasteiger partial charge in [-0.3, -0.25) is 9.59 Å². The Morgan fingerprint density at radius 3 is 2.61 bits per heavy atom. The quantitative estimate of drug-likeness (QED) is 0.563. The Labute approximate surface area is 192 Å². The number of rotatable bonds is 2. The number of amides is 2. The van der Waals surface area contributed by atoms with Gasteiger partial charge in [-0.2, -0.15) is 4.37 Å². The van der Waals surface area contributed by atoms with E-state index in [9.17, 15) is 18.4 Å². The van der Waals surface area contributed by atoms with Crippen molar-refractivity contribution in [1.29, 1.82) is 0 Å². The van der Waals surface area contributed by atoms with Gasteiger partial charge in [-0.1, -0.05) is 0 Å². The number of halogens is 2. The lowest BCUT2D eigenvalue weighted by molar-refractivity contribution is -0.142. The highest BCUT2D eigenvalue weighted by atomic mass is 32.1. The van der Waals surface area contributed by atoms with Crippen LogP contribution in [0, 0.1) is 11.6 Å². The minimum atomic E-state index is -0.979. The summed E-state index contributed by atoms with van der Waals surface area (Å²) in [7, 11) is 0. The smallest absolute Gasteiger partial charge is 0.257 e. The van der Waals surface area contributed by atoms with E-state index >= 15 is 0 Å². The molecule has 0 N–H and O–H groups in total. The van der Waals surface area contributed by atoms with E-state index in [1.807, 2.05) is 18.2 Å². The zero-order valence-electron chi connectivity index (χ0n) is 17.7. The van der Waals surface area contributed by atoms with Crippen molar-refractivity contribution in [2.75, 3.05) is 13.1 Å². The number of hydrogen-bond acceptors (Lipinski definition) is 5. The first kappa shape index (κ1) is 20.7. The van der Waals surface area contributed by atoms with Gasteiger partial charge in [0.1, 0.15) is 17.9 Å². The third-order valence-electron chi connectivity index (χ3n) is 7.05. The first-order valence-electron chi connectivity index (χ1n) is 11.0. The average Bonchev–Trinajstić information content (AvgIpc) is 3.49. The Hall–Kier alpha value is -2.91. The second-order valence-electron chi connectivity index (χ2n) is 8.95. The molecule has 1 aromatic heterocycles. The molecule has 2 atom stereocenters. The molecular formula is C24H21F2N3O3S. The fraction of sp³-hybridized carbons (Fsp3) is 0.375. The molecule has 9 heteroatoms. The van der Waals surface area contributed by atoms with E-state index in [2.05, 4.69) is 4.37 Å². The summed E-state index contributed by atoms with van der Waals surface area (Å²) in [5.74, 6) is -1.52. The van der Waals surface area contributed by atoms with Gasteiger partial charge in [0, 0.05) is 49.1 Å². The van der Waals surface area contributed by atoms with Crippen molar-refractivity contribution < 1.29 is 23.1 Å². The van der Waals surface area contributed by atoms with Crippen molar-refractivity contribution in [1.82, 2.24) is 14.2 Å². The molecule has 1 spiro atoms. The largest absolute Gasteiger partial charge is 0.342 e. The fourth-order valence-electron chi connectivity index (χ4n) is 5.40. The van der Waals surface area contributed by atoms with Crippen LogP contribution in [0.1, 0.15) is 47.6 Å². The number of benzene rings is 2. The van der Waals surface area contributed by atoms with Gasteiger partial charge in [0.25, 0.3) is 11.8 Å². The van der Waals surface area contributed by atoms with Crippen molar-refractivity contribution in [2.45, 2.75) is 43.6 Å². The molecule has 3 aliphatic heterocycles. The maximum atomic E-state index is 13.8. The van der Waals surface area contributed by atoms with Gasteiger partial charge in [0.2, 0.25) is 0 Å². The summed E-state index contributed by atoms with van der Waals surface area (Å²) in [5.41, 5.74) is 0.0776. The lowest BCUT2D eigenvalue weighted by Gasteiger charge is -2.37. The van der Waals surface area contributed by atoms with Crippen LogP contribution in [-0.2, 0) is 9.53 Å². The number of carbonyl (C=O) groups excluding carboxylic acids is 2. The number of aromatic nitrogens is 1. The average molecular weight is 470 g/mol. The van der Waals surface area contributed by atoms with E-state index in [1.165, 1.54) is 23.7 Å². The lowest BCUT2D eigenvalue weighted by Crippen LogP contribution is -2.51. The number of carbonyl (C=O) groups is 2. The summed E-state index contributed by atoms with van der Waals surface area (Å²) in [5, 5.41) is 0.939. The van der Waals surface area contributed by atoms with Crippen LogP contribution in [0.25, 0.3) is 10.1 Å². The van der Waals surface area contributed by atoms with Gasteiger partial charge in [-0.15, -0.1) is 0 Å². The van der Waals surface area contributed by atoms with Crippen LogP contribution >= 0.6 is 11.5 Å². The highest BCUT2D eigenvalue weighted by molar-refractivity contribution is 7.13. The topological polar surface area (TPSA) is 62.7 Å². The molecule has 6 nitrogen and oxygen atoms in total. The van der Waals surface area contributed by atoms with E-state index in [0.717, 1.165) is 16.2 Å². The van der Waals surface area contributed by atoms with Gasteiger partial charge in [-0.05, 0) is 60.3 Å². The Bertz CT molecular complexity index is 1250. The number of likely N-dealkylation sites (tertiary alicyclic amines) is 1. The molecule has 0 aliphatic carbocycles. The summed E-state index contributed by atoms with van der Waals surface area (Å²) >= 11 is 1.39. The predicted molar refractivity (Wildman–Crippen MR) is 118 cm³/mol. The Kier molecular flexibility index (Phi) is 4.74. The summed E-state index contributed by atoms with van der Waals surface area (Å²) in [6.07, 6.45) is 3.37. The summed E-state index contributed by atoms with van der Waals surface area (Å²) in [6, 6.07) is 8.56.